The van der Waals surface area contributed by atoms with Crippen molar-refractivity contribution in [3.8, 4) is 12.3 Å². The molecule has 1 atom stereocenters. The van der Waals surface area contributed by atoms with Gasteiger partial charge in [0.05, 0.1) is 43.9 Å². The van der Waals surface area contributed by atoms with Gasteiger partial charge in [-0.05, 0) is 25.0 Å². The molecule has 2 aromatic heterocycles. The molecular weight excluding hydrogens is 354 g/mol. The summed E-state index contributed by atoms with van der Waals surface area (Å²) in [5.41, 5.74) is 0.794. The number of hydrogen-bond donors (Lipinski definition) is 0. The van der Waals surface area contributed by atoms with E-state index in [1.807, 2.05) is 17.0 Å². The molecule has 0 aromatic carbocycles. The Balaban J connectivity index is 1.84. The molecule has 0 radical (unpaired) electrons. The maximum Gasteiger partial charge on any atom is 0.227 e. The van der Waals surface area contributed by atoms with E-state index in [9.17, 15) is 8.42 Å². The minimum atomic E-state index is -3.43. The van der Waals surface area contributed by atoms with E-state index < -0.39 is 9.84 Å². The van der Waals surface area contributed by atoms with Gasteiger partial charge in [0.25, 0.3) is 0 Å². The zero-order valence-corrected chi connectivity index (χ0v) is 15.6. The number of nitrogens with zero attached hydrogens (tertiary/aromatic N) is 3. The molecular formula is C18H23N3O4S. The largest absolute Gasteiger partial charge is 0.468 e. The van der Waals surface area contributed by atoms with Gasteiger partial charge in [0.2, 0.25) is 15.0 Å². The zero-order chi connectivity index (χ0) is 18.6. The van der Waals surface area contributed by atoms with E-state index in [-0.39, 0.29) is 11.3 Å². The first kappa shape index (κ1) is 18.7. The molecule has 26 heavy (non-hydrogen) atoms. The first-order valence-electron chi connectivity index (χ1n) is 8.51. The number of imidazole rings is 1. The molecule has 0 N–H and O–H groups in total. The maximum atomic E-state index is 12.1. The van der Waals surface area contributed by atoms with Crippen molar-refractivity contribution in [1.29, 1.82) is 0 Å². The first-order valence-corrected chi connectivity index (χ1v) is 10.4. The Morgan fingerprint density at radius 1 is 1.46 bits per heavy atom. The van der Waals surface area contributed by atoms with Crippen molar-refractivity contribution in [2.75, 3.05) is 19.4 Å². The van der Waals surface area contributed by atoms with Crippen LogP contribution in [0.4, 0.5) is 0 Å². The lowest BCUT2D eigenvalue weighted by molar-refractivity contribution is 0.0932. The molecule has 1 aliphatic rings. The van der Waals surface area contributed by atoms with Crippen molar-refractivity contribution in [1.82, 2.24) is 14.5 Å². The average molecular weight is 377 g/mol. The second-order valence-corrected chi connectivity index (χ2v) is 8.39. The molecule has 0 bridgehead atoms. The molecule has 1 unspecified atom stereocenters. The number of rotatable bonds is 8. The van der Waals surface area contributed by atoms with Crippen LogP contribution in [0.15, 0.2) is 34.2 Å². The second kappa shape index (κ2) is 8.08. The van der Waals surface area contributed by atoms with Crippen molar-refractivity contribution >= 4 is 9.84 Å². The Labute approximate surface area is 153 Å². The highest BCUT2D eigenvalue weighted by Crippen LogP contribution is 2.20. The Hall–Kier alpha value is -2.08. The van der Waals surface area contributed by atoms with Crippen molar-refractivity contribution in [2.45, 2.75) is 43.7 Å². The normalized spacial score (nSPS) is 17.7. The third kappa shape index (κ3) is 4.55. The molecule has 1 saturated heterocycles. The van der Waals surface area contributed by atoms with E-state index in [0.717, 1.165) is 24.3 Å². The zero-order valence-electron chi connectivity index (χ0n) is 14.8. The van der Waals surface area contributed by atoms with Crippen molar-refractivity contribution in [2.24, 2.45) is 0 Å². The van der Waals surface area contributed by atoms with Crippen molar-refractivity contribution in [3.05, 3.63) is 36.0 Å². The number of ether oxygens (including phenoxy) is 1. The van der Waals surface area contributed by atoms with Gasteiger partial charge in [-0.1, -0.05) is 5.92 Å². The van der Waals surface area contributed by atoms with Gasteiger partial charge < -0.3 is 13.7 Å². The van der Waals surface area contributed by atoms with Gasteiger partial charge in [0, 0.05) is 19.4 Å². The van der Waals surface area contributed by atoms with Crippen molar-refractivity contribution in [3.63, 3.8) is 0 Å². The highest BCUT2D eigenvalue weighted by molar-refractivity contribution is 7.90. The third-order valence-corrected chi connectivity index (χ3v) is 5.29. The number of sulfone groups is 1. The second-order valence-electron chi connectivity index (χ2n) is 6.48. The summed E-state index contributed by atoms with van der Waals surface area (Å²) in [5, 5.41) is 0.0710. The van der Waals surface area contributed by atoms with Gasteiger partial charge in [0.15, 0.2) is 0 Å². The molecule has 3 rings (SSSR count). The van der Waals surface area contributed by atoms with Gasteiger partial charge in [-0.2, -0.15) is 0 Å². The Morgan fingerprint density at radius 3 is 2.92 bits per heavy atom. The highest BCUT2D eigenvalue weighted by atomic mass is 32.2. The maximum absolute atomic E-state index is 12.1. The number of aromatic nitrogens is 2. The topological polar surface area (TPSA) is 77.6 Å². The molecule has 2 aromatic rings. The Kier molecular flexibility index (Phi) is 5.81. The van der Waals surface area contributed by atoms with E-state index >= 15 is 0 Å². The SMILES string of the molecule is C#CCN(Cc1ccco1)Cc1cnc(S(C)(=O)=O)n1CC1CCCO1. The van der Waals surface area contributed by atoms with Gasteiger partial charge >= 0.3 is 0 Å². The minimum Gasteiger partial charge on any atom is -0.468 e. The Bertz CT molecular complexity index is 859. The van der Waals surface area contributed by atoms with Crippen molar-refractivity contribution < 1.29 is 17.6 Å². The molecule has 3 heterocycles. The standard InChI is InChI=1S/C18H23N3O4S/c1-3-8-20(13-16-6-4-9-24-16)12-15-11-19-18(26(2,22)23)21(15)14-17-7-5-10-25-17/h1,4,6,9,11,17H,5,7-8,10,12-14H2,2H3. The summed E-state index contributed by atoms with van der Waals surface area (Å²) in [7, 11) is -3.43. The summed E-state index contributed by atoms with van der Waals surface area (Å²) in [6, 6.07) is 3.71. The van der Waals surface area contributed by atoms with Gasteiger partial charge in [-0.15, -0.1) is 6.42 Å². The monoisotopic (exact) mass is 377 g/mol. The van der Waals surface area contributed by atoms with Crippen LogP contribution in [0.3, 0.4) is 0 Å². The summed E-state index contributed by atoms with van der Waals surface area (Å²) in [5.74, 6) is 3.44. The van der Waals surface area contributed by atoms with E-state index in [1.165, 1.54) is 6.26 Å². The van der Waals surface area contributed by atoms with E-state index in [0.29, 0.717) is 32.8 Å². The lowest BCUT2D eigenvalue weighted by atomic mass is 10.2. The predicted octanol–water partition coefficient (Wildman–Crippen LogP) is 1.69. The van der Waals surface area contributed by atoms with Gasteiger partial charge in [-0.3, -0.25) is 4.90 Å². The van der Waals surface area contributed by atoms with Crippen LogP contribution in [-0.2, 0) is 34.2 Å². The summed E-state index contributed by atoms with van der Waals surface area (Å²) >= 11 is 0. The molecule has 140 valence electrons. The Morgan fingerprint density at radius 2 is 2.31 bits per heavy atom. The molecule has 8 heteroatoms. The molecule has 0 spiro atoms. The minimum absolute atomic E-state index is 0.00890. The number of hydrogen-bond acceptors (Lipinski definition) is 6. The highest BCUT2D eigenvalue weighted by Gasteiger charge is 2.24. The summed E-state index contributed by atoms with van der Waals surface area (Å²) in [6.07, 6.45) is 11.8. The van der Waals surface area contributed by atoms with E-state index in [1.54, 1.807) is 17.0 Å². The molecule has 7 nitrogen and oxygen atoms in total. The van der Waals surface area contributed by atoms with Crippen LogP contribution < -0.4 is 0 Å². The predicted molar refractivity (Wildman–Crippen MR) is 96.0 cm³/mol. The fourth-order valence-electron chi connectivity index (χ4n) is 3.15. The quantitative estimate of drug-likeness (QED) is 0.652. The fraction of sp³-hybridized carbons (Fsp3) is 0.500. The lowest BCUT2D eigenvalue weighted by Crippen LogP contribution is -2.27. The van der Waals surface area contributed by atoms with Crippen LogP contribution in [-0.4, -0.2) is 48.4 Å². The van der Waals surface area contributed by atoms with Crippen LogP contribution in [0, 0.1) is 12.3 Å². The smallest absolute Gasteiger partial charge is 0.227 e. The number of terminal acetylenes is 1. The fourth-order valence-corrected chi connectivity index (χ4v) is 3.99. The average Bonchev–Trinajstić information content (AvgIpc) is 3.30. The summed E-state index contributed by atoms with van der Waals surface area (Å²) in [4.78, 5) is 6.17. The van der Waals surface area contributed by atoms with Crippen LogP contribution in [0.1, 0.15) is 24.3 Å². The molecule has 1 aliphatic heterocycles. The van der Waals surface area contributed by atoms with Crippen LogP contribution >= 0.6 is 0 Å². The summed E-state index contributed by atoms with van der Waals surface area (Å²) in [6.45, 7) is 2.61. The molecule has 0 aliphatic carbocycles. The number of furan rings is 1. The van der Waals surface area contributed by atoms with E-state index in [2.05, 4.69) is 10.9 Å². The molecule has 1 fully saturated rings. The van der Waals surface area contributed by atoms with Crippen LogP contribution in [0.25, 0.3) is 0 Å². The van der Waals surface area contributed by atoms with Gasteiger partial charge in [0.1, 0.15) is 5.76 Å². The lowest BCUT2D eigenvalue weighted by Gasteiger charge is -2.21. The first-order chi connectivity index (χ1) is 12.5. The third-order valence-electron chi connectivity index (χ3n) is 4.30. The van der Waals surface area contributed by atoms with Crippen LogP contribution in [0.5, 0.6) is 0 Å². The molecule has 0 saturated carbocycles. The van der Waals surface area contributed by atoms with E-state index in [4.69, 9.17) is 15.6 Å². The van der Waals surface area contributed by atoms with Gasteiger partial charge in [-0.25, -0.2) is 13.4 Å². The summed E-state index contributed by atoms with van der Waals surface area (Å²) < 4.78 is 37.1. The van der Waals surface area contributed by atoms with Crippen LogP contribution in [0.2, 0.25) is 0 Å². The molecule has 0 amide bonds.